The predicted molar refractivity (Wildman–Crippen MR) is 93.0 cm³/mol. The second kappa shape index (κ2) is 8.48. The molecular formula is C20H23FO3. The topological polar surface area (TPSA) is 35.5 Å². The Hall–Kier alpha value is -2.36. The number of aryl methyl sites for hydroxylation is 1. The molecule has 2 aromatic carbocycles. The van der Waals surface area contributed by atoms with E-state index in [0.29, 0.717) is 28.7 Å². The van der Waals surface area contributed by atoms with Gasteiger partial charge >= 0.3 is 5.97 Å². The van der Waals surface area contributed by atoms with Crippen molar-refractivity contribution < 1.29 is 18.7 Å². The molecule has 0 N–H and O–H groups in total. The van der Waals surface area contributed by atoms with Crippen LogP contribution < -0.4 is 4.74 Å². The van der Waals surface area contributed by atoms with Crippen LogP contribution in [0.25, 0.3) is 11.1 Å². The van der Waals surface area contributed by atoms with Crippen molar-refractivity contribution in [1.29, 1.82) is 0 Å². The molecule has 2 aromatic rings. The fraction of sp³-hybridized carbons (Fsp3) is 0.350. The number of esters is 1. The number of unbranched alkanes of at least 4 members (excludes halogenated alkanes) is 2. The third-order valence-electron chi connectivity index (χ3n) is 4.05. The number of hydrogen-bond donors (Lipinski definition) is 0. The Bertz CT molecular complexity index is 710. The predicted octanol–water partition coefficient (Wildman–Crippen LogP) is 5.02. The van der Waals surface area contributed by atoms with Gasteiger partial charge in [0.15, 0.2) is 11.6 Å². The lowest BCUT2D eigenvalue weighted by atomic mass is 9.96. The minimum Gasteiger partial charge on any atom is -0.493 e. The molecule has 0 aliphatic carbocycles. The van der Waals surface area contributed by atoms with Gasteiger partial charge in [0.25, 0.3) is 0 Å². The van der Waals surface area contributed by atoms with Crippen molar-refractivity contribution in [2.45, 2.75) is 32.6 Å². The lowest BCUT2D eigenvalue weighted by Crippen LogP contribution is -2.05. The van der Waals surface area contributed by atoms with Crippen LogP contribution in [-0.2, 0) is 11.2 Å². The summed E-state index contributed by atoms with van der Waals surface area (Å²) in [5.74, 6) is -0.647. The monoisotopic (exact) mass is 330 g/mol. The average Bonchev–Trinajstić information content (AvgIpc) is 2.62. The van der Waals surface area contributed by atoms with Crippen LogP contribution in [0.2, 0.25) is 0 Å². The van der Waals surface area contributed by atoms with Crippen molar-refractivity contribution in [3.63, 3.8) is 0 Å². The zero-order valence-electron chi connectivity index (χ0n) is 14.4. The summed E-state index contributed by atoms with van der Waals surface area (Å²) in [5.41, 5.74) is 2.17. The average molecular weight is 330 g/mol. The molecule has 4 heteroatoms. The van der Waals surface area contributed by atoms with E-state index in [1.165, 1.54) is 14.2 Å². The number of ether oxygens (including phenoxy) is 2. The summed E-state index contributed by atoms with van der Waals surface area (Å²) in [6.07, 6.45) is 3.77. The Kier molecular flexibility index (Phi) is 6.36. The van der Waals surface area contributed by atoms with Gasteiger partial charge in [0.2, 0.25) is 0 Å². The van der Waals surface area contributed by atoms with Crippen molar-refractivity contribution >= 4 is 5.97 Å². The maximum Gasteiger partial charge on any atom is 0.338 e. The summed E-state index contributed by atoms with van der Waals surface area (Å²) < 4.78 is 25.0. The van der Waals surface area contributed by atoms with Crippen LogP contribution in [0.1, 0.15) is 42.1 Å². The molecule has 128 valence electrons. The molecule has 0 saturated carbocycles. The van der Waals surface area contributed by atoms with Gasteiger partial charge in [-0.1, -0.05) is 50.1 Å². The number of benzene rings is 2. The number of rotatable bonds is 7. The smallest absolute Gasteiger partial charge is 0.338 e. The first kappa shape index (κ1) is 18.0. The zero-order valence-corrected chi connectivity index (χ0v) is 14.4. The quantitative estimate of drug-likeness (QED) is 0.528. The van der Waals surface area contributed by atoms with Crippen molar-refractivity contribution in [3.05, 3.63) is 53.3 Å². The first-order valence-electron chi connectivity index (χ1n) is 8.17. The summed E-state index contributed by atoms with van der Waals surface area (Å²) in [4.78, 5) is 12.0. The second-order valence-corrected chi connectivity index (χ2v) is 5.61. The van der Waals surface area contributed by atoms with Crippen molar-refractivity contribution in [2.24, 2.45) is 0 Å². The Morgan fingerprint density at radius 2 is 1.79 bits per heavy atom. The van der Waals surface area contributed by atoms with Gasteiger partial charge in [-0.25, -0.2) is 9.18 Å². The van der Waals surface area contributed by atoms with E-state index >= 15 is 0 Å². The highest BCUT2D eigenvalue weighted by atomic mass is 19.1. The van der Waals surface area contributed by atoms with E-state index in [1.54, 1.807) is 30.3 Å². The Balaban J connectivity index is 2.49. The molecule has 0 bridgehead atoms. The molecule has 0 aliphatic rings. The highest BCUT2D eigenvalue weighted by Gasteiger charge is 2.20. The lowest BCUT2D eigenvalue weighted by molar-refractivity contribution is 0.0601. The van der Waals surface area contributed by atoms with Crippen molar-refractivity contribution in [2.75, 3.05) is 14.2 Å². The van der Waals surface area contributed by atoms with Crippen LogP contribution in [0, 0.1) is 5.82 Å². The maximum absolute atomic E-state index is 14.8. The number of halogens is 1. The van der Waals surface area contributed by atoms with Crippen molar-refractivity contribution in [1.82, 2.24) is 0 Å². The van der Waals surface area contributed by atoms with E-state index in [2.05, 4.69) is 6.92 Å². The largest absolute Gasteiger partial charge is 0.493 e. The third kappa shape index (κ3) is 3.75. The van der Waals surface area contributed by atoms with Crippen molar-refractivity contribution in [3.8, 4) is 16.9 Å². The van der Waals surface area contributed by atoms with Gasteiger partial charge in [-0.05, 0) is 30.0 Å². The molecule has 0 radical (unpaired) electrons. The standard InChI is InChI=1S/C20H23FO3/c1-4-5-6-9-14-12-13-16(19(23-2)18(14)21)15-10-7-8-11-17(15)20(22)24-3/h7-8,10-13H,4-6,9H2,1-3H3. The first-order valence-corrected chi connectivity index (χ1v) is 8.17. The summed E-state index contributed by atoms with van der Waals surface area (Å²) >= 11 is 0. The fourth-order valence-electron chi connectivity index (χ4n) is 2.77. The van der Waals surface area contributed by atoms with Crippen LogP contribution in [0.4, 0.5) is 4.39 Å². The normalized spacial score (nSPS) is 10.5. The molecule has 0 saturated heterocycles. The van der Waals surface area contributed by atoms with Gasteiger partial charge in [-0.15, -0.1) is 0 Å². The van der Waals surface area contributed by atoms with Gasteiger partial charge < -0.3 is 9.47 Å². The fourth-order valence-corrected chi connectivity index (χ4v) is 2.77. The SMILES string of the molecule is CCCCCc1ccc(-c2ccccc2C(=O)OC)c(OC)c1F. The third-order valence-corrected chi connectivity index (χ3v) is 4.05. The van der Waals surface area contributed by atoms with Gasteiger partial charge in [0.05, 0.1) is 19.8 Å². The maximum atomic E-state index is 14.8. The van der Waals surface area contributed by atoms with Gasteiger partial charge in [0, 0.05) is 5.56 Å². The summed E-state index contributed by atoms with van der Waals surface area (Å²) in [6.45, 7) is 2.11. The van der Waals surface area contributed by atoms with E-state index in [4.69, 9.17) is 9.47 Å². The van der Waals surface area contributed by atoms with Crippen LogP contribution in [0.3, 0.4) is 0 Å². The molecule has 0 aromatic heterocycles. The first-order chi connectivity index (χ1) is 11.6. The molecule has 0 spiro atoms. The summed E-state index contributed by atoms with van der Waals surface area (Å²) in [7, 11) is 2.77. The van der Waals surface area contributed by atoms with E-state index in [0.717, 1.165) is 19.3 Å². The highest BCUT2D eigenvalue weighted by molar-refractivity contribution is 5.98. The zero-order chi connectivity index (χ0) is 17.5. The molecule has 0 atom stereocenters. The Morgan fingerprint density at radius 1 is 1.04 bits per heavy atom. The molecule has 0 heterocycles. The molecular weight excluding hydrogens is 307 g/mol. The molecule has 3 nitrogen and oxygen atoms in total. The van der Waals surface area contributed by atoms with Crippen LogP contribution >= 0.6 is 0 Å². The molecule has 24 heavy (non-hydrogen) atoms. The summed E-state index contributed by atoms with van der Waals surface area (Å²) in [5, 5.41) is 0. The van der Waals surface area contributed by atoms with E-state index < -0.39 is 5.97 Å². The van der Waals surface area contributed by atoms with Crippen LogP contribution in [0.5, 0.6) is 5.75 Å². The number of carbonyl (C=O) groups is 1. The molecule has 0 amide bonds. The minimum atomic E-state index is -0.458. The van der Waals surface area contributed by atoms with E-state index in [1.807, 2.05) is 6.07 Å². The Labute approximate surface area is 142 Å². The molecule has 0 aliphatic heterocycles. The van der Waals surface area contributed by atoms with Gasteiger partial charge in [0.1, 0.15) is 0 Å². The van der Waals surface area contributed by atoms with Gasteiger partial charge in [-0.3, -0.25) is 0 Å². The highest BCUT2D eigenvalue weighted by Crippen LogP contribution is 2.36. The second-order valence-electron chi connectivity index (χ2n) is 5.61. The lowest BCUT2D eigenvalue weighted by Gasteiger charge is -2.15. The number of hydrogen-bond acceptors (Lipinski definition) is 3. The Morgan fingerprint density at radius 3 is 2.46 bits per heavy atom. The minimum absolute atomic E-state index is 0.167. The van der Waals surface area contributed by atoms with Crippen LogP contribution in [-0.4, -0.2) is 20.2 Å². The van der Waals surface area contributed by atoms with E-state index in [9.17, 15) is 9.18 Å². The molecule has 0 fully saturated rings. The summed E-state index contributed by atoms with van der Waals surface area (Å²) in [6, 6.07) is 10.6. The molecule has 0 unspecified atom stereocenters. The van der Waals surface area contributed by atoms with E-state index in [-0.39, 0.29) is 11.6 Å². The van der Waals surface area contributed by atoms with Crippen LogP contribution in [0.15, 0.2) is 36.4 Å². The number of carbonyl (C=O) groups excluding carboxylic acids is 1. The van der Waals surface area contributed by atoms with Gasteiger partial charge in [-0.2, -0.15) is 0 Å². The number of methoxy groups -OCH3 is 2. The molecule has 2 rings (SSSR count).